The smallest absolute Gasteiger partial charge is 0.325 e. The minimum absolute atomic E-state index is 0.0478. The molecule has 0 bridgehead atoms. The van der Waals surface area contributed by atoms with E-state index in [1.165, 1.54) is 4.88 Å². The summed E-state index contributed by atoms with van der Waals surface area (Å²) in [6, 6.07) is 3.64. The van der Waals surface area contributed by atoms with Crippen LogP contribution in [0.2, 0.25) is 0 Å². The van der Waals surface area contributed by atoms with E-state index in [0.29, 0.717) is 26.1 Å². The summed E-state index contributed by atoms with van der Waals surface area (Å²) in [5.41, 5.74) is 0. The number of piperazine rings is 1. The number of nitrogens with zero attached hydrogens (tertiary/aromatic N) is 3. The second-order valence-electron chi connectivity index (χ2n) is 6.19. The van der Waals surface area contributed by atoms with E-state index in [-0.39, 0.29) is 37.6 Å². The van der Waals surface area contributed by atoms with Gasteiger partial charge in [-0.05, 0) is 17.9 Å². The topological polar surface area (TPSA) is 93.2 Å². The summed E-state index contributed by atoms with van der Waals surface area (Å²) in [5.74, 6) is -0.606. The van der Waals surface area contributed by atoms with Crippen molar-refractivity contribution in [2.45, 2.75) is 19.0 Å². The molecule has 8 nitrogen and oxygen atoms in total. The number of carbonyl (C=O) groups is 3. The van der Waals surface area contributed by atoms with Gasteiger partial charge in [-0.15, -0.1) is 11.3 Å². The molecule has 2 aliphatic rings. The first-order valence-corrected chi connectivity index (χ1v) is 9.19. The molecule has 136 valence electrons. The molecule has 0 saturated carbocycles. The van der Waals surface area contributed by atoms with Crippen LogP contribution < -0.4 is 5.32 Å². The summed E-state index contributed by atoms with van der Waals surface area (Å²) in [7, 11) is 0. The Hall–Kier alpha value is -1.97. The number of aliphatic hydroxyl groups excluding tert-OH is 1. The Kier molecular flexibility index (Phi) is 5.67. The maximum Gasteiger partial charge on any atom is 0.325 e. The lowest BCUT2D eigenvalue weighted by atomic mass is 10.1. The van der Waals surface area contributed by atoms with Gasteiger partial charge in [0.05, 0.1) is 6.54 Å². The van der Waals surface area contributed by atoms with Crippen molar-refractivity contribution >= 4 is 29.2 Å². The van der Waals surface area contributed by atoms with Crippen molar-refractivity contribution in [1.29, 1.82) is 0 Å². The molecular weight excluding hydrogens is 344 g/mol. The van der Waals surface area contributed by atoms with Crippen LogP contribution in [-0.4, -0.2) is 83.0 Å². The maximum atomic E-state index is 12.5. The van der Waals surface area contributed by atoms with Crippen LogP contribution in [0.3, 0.4) is 0 Å². The van der Waals surface area contributed by atoms with Gasteiger partial charge in [-0.3, -0.25) is 19.4 Å². The van der Waals surface area contributed by atoms with Crippen LogP contribution in [-0.2, 0) is 16.1 Å². The van der Waals surface area contributed by atoms with E-state index in [4.69, 9.17) is 0 Å². The third-order valence-electron chi connectivity index (χ3n) is 4.59. The highest BCUT2D eigenvalue weighted by Crippen LogP contribution is 2.19. The summed E-state index contributed by atoms with van der Waals surface area (Å²) >= 11 is 1.69. The fourth-order valence-corrected chi connectivity index (χ4v) is 3.93. The predicted octanol–water partition coefficient (Wildman–Crippen LogP) is -0.305. The highest BCUT2D eigenvalue weighted by atomic mass is 32.1. The van der Waals surface area contributed by atoms with E-state index >= 15 is 0 Å². The zero-order valence-corrected chi connectivity index (χ0v) is 14.7. The molecule has 3 heterocycles. The van der Waals surface area contributed by atoms with Crippen molar-refractivity contribution in [3.05, 3.63) is 22.4 Å². The molecule has 0 aromatic carbocycles. The molecular formula is C16H22N4O4S. The molecule has 2 fully saturated rings. The lowest BCUT2D eigenvalue weighted by molar-refractivity contribution is -0.139. The van der Waals surface area contributed by atoms with Crippen LogP contribution in [0.4, 0.5) is 4.79 Å². The van der Waals surface area contributed by atoms with Gasteiger partial charge in [0.25, 0.3) is 5.91 Å². The van der Waals surface area contributed by atoms with Gasteiger partial charge in [0, 0.05) is 43.7 Å². The third-order valence-corrected chi connectivity index (χ3v) is 5.45. The van der Waals surface area contributed by atoms with Crippen LogP contribution in [0.15, 0.2) is 17.5 Å². The van der Waals surface area contributed by atoms with E-state index in [1.54, 1.807) is 16.2 Å². The first-order valence-electron chi connectivity index (χ1n) is 8.31. The fraction of sp³-hybridized carbons (Fsp3) is 0.562. The van der Waals surface area contributed by atoms with E-state index in [9.17, 15) is 19.5 Å². The molecule has 1 aromatic heterocycles. The Balaban J connectivity index is 1.59. The number of aliphatic hydroxyl groups is 1. The molecule has 4 amide bonds. The molecule has 9 heteroatoms. The second-order valence-corrected chi connectivity index (χ2v) is 7.23. The second kappa shape index (κ2) is 7.94. The van der Waals surface area contributed by atoms with Crippen LogP contribution in [0.25, 0.3) is 0 Å². The molecule has 0 aliphatic carbocycles. The molecule has 0 unspecified atom stereocenters. The number of nitrogens with one attached hydrogen (secondary N) is 1. The van der Waals surface area contributed by atoms with Crippen molar-refractivity contribution < 1.29 is 19.5 Å². The molecule has 1 aromatic rings. The number of imide groups is 1. The minimum atomic E-state index is -0.512. The standard InChI is InChI=1S/C16H22N4O4S/c21-6-3-12-9-19(5-4-18(12)10-13-2-1-7-25-13)15(23)11-20-14(22)8-17-16(20)24/h1-2,7,12,21H,3-6,8-11H2,(H,17,24)/t12-/m1/s1. The van der Waals surface area contributed by atoms with Gasteiger partial charge in [-0.2, -0.15) is 0 Å². The Bertz CT molecular complexity index is 620. The van der Waals surface area contributed by atoms with Crippen molar-refractivity contribution in [1.82, 2.24) is 20.0 Å². The van der Waals surface area contributed by atoms with Crippen LogP contribution in [0, 0.1) is 0 Å². The minimum Gasteiger partial charge on any atom is -0.396 e. The number of hydrogen-bond acceptors (Lipinski definition) is 6. The molecule has 2 saturated heterocycles. The van der Waals surface area contributed by atoms with Crippen molar-refractivity contribution in [2.24, 2.45) is 0 Å². The number of hydrogen-bond donors (Lipinski definition) is 2. The van der Waals surface area contributed by atoms with Gasteiger partial charge in [-0.25, -0.2) is 4.79 Å². The number of amides is 4. The molecule has 25 heavy (non-hydrogen) atoms. The zero-order valence-electron chi connectivity index (χ0n) is 13.9. The number of carbonyl (C=O) groups excluding carboxylic acids is 3. The first-order chi connectivity index (χ1) is 12.1. The Morgan fingerprint density at radius 3 is 2.84 bits per heavy atom. The number of rotatable bonds is 6. The molecule has 0 spiro atoms. The highest BCUT2D eigenvalue weighted by Gasteiger charge is 2.34. The summed E-state index contributed by atoms with van der Waals surface area (Å²) in [6.07, 6.45) is 0.582. The molecule has 2 aliphatic heterocycles. The van der Waals surface area contributed by atoms with Gasteiger partial charge in [0.2, 0.25) is 5.91 Å². The summed E-state index contributed by atoms with van der Waals surface area (Å²) in [6.45, 7) is 2.34. The monoisotopic (exact) mass is 366 g/mol. The zero-order chi connectivity index (χ0) is 17.8. The fourth-order valence-electron chi connectivity index (χ4n) is 3.20. The largest absolute Gasteiger partial charge is 0.396 e. The first kappa shape index (κ1) is 17.8. The Labute approximate surface area is 150 Å². The molecule has 3 rings (SSSR count). The van der Waals surface area contributed by atoms with Crippen LogP contribution in [0.5, 0.6) is 0 Å². The van der Waals surface area contributed by atoms with E-state index in [0.717, 1.165) is 11.4 Å². The van der Waals surface area contributed by atoms with Crippen molar-refractivity contribution in [2.75, 3.05) is 39.3 Å². The van der Waals surface area contributed by atoms with Crippen LogP contribution >= 0.6 is 11.3 Å². The van der Waals surface area contributed by atoms with Gasteiger partial charge < -0.3 is 15.3 Å². The lowest BCUT2D eigenvalue weighted by Gasteiger charge is -2.41. The van der Waals surface area contributed by atoms with E-state index < -0.39 is 6.03 Å². The summed E-state index contributed by atoms with van der Waals surface area (Å²) in [5, 5.41) is 13.8. The Morgan fingerprint density at radius 1 is 1.36 bits per heavy atom. The molecule has 0 radical (unpaired) electrons. The SMILES string of the molecule is O=C(CN1C(=O)CNC1=O)N1CCN(Cc2cccs2)[C@H](CCO)C1. The maximum absolute atomic E-state index is 12.5. The summed E-state index contributed by atoms with van der Waals surface area (Å²) < 4.78 is 0. The van der Waals surface area contributed by atoms with Gasteiger partial charge in [0.15, 0.2) is 0 Å². The van der Waals surface area contributed by atoms with Crippen molar-refractivity contribution in [3.63, 3.8) is 0 Å². The van der Waals surface area contributed by atoms with E-state index in [2.05, 4.69) is 16.3 Å². The normalized spacial score (nSPS) is 21.7. The average Bonchev–Trinajstić information content (AvgIpc) is 3.22. The van der Waals surface area contributed by atoms with E-state index in [1.807, 2.05) is 11.4 Å². The number of thiophene rings is 1. The van der Waals surface area contributed by atoms with Crippen molar-refractivity contribution in [3.8, 4) is 0 Å². The predicted molar refractivity (Wildman–Crippen MR) is 91.9 cm³/mol. The highest BCUT2D eigenvalue weighted by molar-refractivity contribution is 7.09. The van der Waals surface area contributed by atoms with Crippen LogP contribution in [0.1, 0.15) is 11.3 Å². The third kappa shape index (κ3) is 4.17. The summed E-state index contributed by atoms with van der Waals surface area (Å²) in [4.78, 5) is 41.9. The average molecular weight is 366 g/mol. The number of urea groups is 1. The van der Waals surface area contributed by atoms with Gasteiger partial charge in [-0.1, -0.05) is 6.07 Å². The van der Waals surface area contributed by atoms with Gasteiger partial charge >= 0.3 is 6.03 Å². The Morgan fingerprint density at radius 2 is 2.20 bits per heavy atom. The van der Waals surface area contributed by atoms with Gasteiger partial charge in [0.1, 0.15) is 6.54 Å². The lowest BCUT2D eigenvalue weighted by Crippen LogP contribution is -2.56. The quantitative estimate of drug-likeness (QED) is 0.674. The molecule has 1 atom stereocenters. The molecule has 2 N–H and O–H groups in total.